The summed E-state index contributed by atoms with van der Waals surface area (Å²) in [6, 6.07) is 0. The molecule has 8 heteroatoms. The molecule has 0 saturated heterocycles. The van der Waals surface area contributed by atoms with E-state index in [1.807, 2.05) is 0 Å². The molecule has 16 heavy (non-hydrogen) atoms. The van der Waals surface area contributed by atoms with E-state index in [0.717, 1.165) is 6.20 Å². The van der Waals surface area contributed by atoms with Crippen LogP contribution in [-0.4, -0.2) is 23.6 Å². The number of aliphatic hydroxyl groups is 1. The number of methoxy groups -OCH3 is 1. The standard InChI is InChI=1S/C8H7F3INO3/c1-15-7-4(3-14)13-2-5(6(7)12)16-8(9,10)11/h2,14H,3H2,1H3. The molecule has 0 spiro atoms. The Bertz CT molecular complexity index is 384. The molecule has 0 amide bonds. The largest absolute Gasteiger partial charge is 0.573 e. The maximum Gasteiger partial charge on any atom is 0.573 e. The van der Waals surface area contributed by atoms with Gasteiger partial charge >= 0.3 is 6.36 Å². The van der Waals surface area contributed by atoms with E-state index in [9.17, 15) is 13.2 Å². The molecule has 1 rings (SSSR count). The van der Waals surface area contributed by atoms with Gasteiger partial charge < -0.3 is 14.6 Å². The van der Waals surface area contributed by atoms with Crippen LogP contribution in [0, 0.1) is 3.57 Å². The highest BCUT2D eigenvalue weighted by atomic mass is 127. The summed E-state index contributed by atoms with van der Waals surface area (Å²) < 4.78 is 44.7. The second kappa shape index (κ2) is 5.04. The summed E-state index contributed by atoms with van der Waals surface area (Å²) >= 11 is 1.63. The van der Waals surface area contributed by atoms with Crippen molar-refractivity contribution in [2.75, 3.05) is 7.11 Å². The number of rotatable bonds is 3. The topological polar surface area (TPSA) is 51.6 Å². The van der Waals surface area contributed by atoms with E-state index in [2.05, 4.69) is 9.72 Å². The zero-order chi connectivity index (χ0) is 12.3. The summed E-state index contributed by atoms with van der Waals surface area (Å²) in [5.74, 6) is -0.382. The SMILES string of the molecule is COc1c(CO)ncc(OC(F)(F)F)c1I. The molecule has 1 heterocycles. The molecule has 4 nitrogen and oxygen atoms in total. The molecule has 0 unspecified atom stereocenters. The lowest BCUT2D eigenvalue weighted by molar-refractivity contribution is -0.275. The van der Waals surface area contributed by atoms with Crippen LogP contribution >= 0.6 is 22.6 Å². The highest BCUT2D eigenvalue weighted by Crippen LogP contribution is 2.34. The maximum atomic E-state index is 12.0. The number of aliphatic hydroxyl groups excluding tert-OH is 1. The molecule has 0 bridgehead atoms. The van der Waals surface area contributed by atoms with Crippen LogP contribution < -0.4 is 9.47 Å². The molecular weight excluding hydrogens is 342 g/mol. The maximum absolute atomic E-state index is 12.0. The molecule has 0 radical (unpaired) electrons. The molecule has 90 valence electrons. The first kappa shape index (κ1) is 13.3. The fourth-order valence-electron chi connectivity index (χ4n) is 1.01. The first-order valence-corrected chi connectivity index (χ1v) is 5.05. The molecule has 0 aromatic carbocycles. The summed E-state index contributed by atoms with van der Waals surface area (Å²) in [6.07, 6.45) is -3.89. The van der Waals surface area contributed by atoms with E-state index in [4.69, 9.17) is 9.84 Å². The minimum absolute atomic E-state index is 0.0739. The monoisotopic (exact) mass is 349 g/mol. The third kappa shape index (κ3) is 3.11. The van der Waals surface area contributed by atoms with E-state index in [-0.39, 0.29) is 15.0 Å². The minimum Gasteiger partial charge on any atom is -0.493 e. The Morgan fingerprint density at radius 2 is 2.12 bits per heavy atom. The number of ether oxygens (including phenoxy) is 2. The predicted octanol–water partition coefficient (Wildman–Crippen LogP) is 2.09. The quantitative estimate of drug-likeness (QED) is 0.850. The normalized spacial score (nSPS) is 11.4. The van der Waals surface area contributed by atoms with Gasteiger partial charge in [0.05, 0.1) is 19.9 Å². The molecule has 0 saturated carbocycles. The Labute approximate surface area is 103 Å². The van der Waals surface area contributed by atoms with Crippen LogP contribution in [0.15, 0.2) is 6.20 Å². The van der Waals surface area contributed by atoms with Crippen LogP contribution in [0.2, 0.25) is 0 Å². The number of halogens is 4. The lowest BCUT2D eigenvalue weighted by Gasteiger charge is -2.13. The second-order valence-electron chi connectivity index (χ2n) is 2.62. The van der Waals surface area contributed by atoms with E-state index < -0.39 is 18.7 Å². The van der Waals surface area contributed by atoms with E-state index in [1.165, 1.54) is 7.11 Å². The number of pyridine rings is 1. The van der Waals surface area contributed by atoms with Gasteiger partial charge in [0.15, 0.2) is 11.5 Å². The van der Waals surface area contributed by atoms with Crippen molar-refractivity contribution in [3.8, 4) is 11.5 Å². The van der Waals surface area contributed by atoms with Gasteiger partial charge in [0, 0.05) is 0 Å². The summed E-state index contributed by atoms with van der Waals surface area (Å²) in [5.41, 5.74) is 0.154. The molecule has 1 aromatic heterocycles. The van der Waals surface area contributed by atoms with Crippen LogP contribution in [0.3, 0.4) is 0 Å². The van der Waals surface area contributed by atoms with Gasteiger partial charge in [-0.2, -0.15) is 0 Å². The third-order valence-electron chi connectivity index (χ3n) is 1.60. The van der Waals surface area contributed by atoms with Gasteiger partial charge in [-0.15, -0.1) is 13.2 Å². The van der Waals surface area contributed by atoms with Gasteiger partial charge in [-0.3, -0.25) is 4.98 Å². The average Bonchev–Trinajstić information content (AvgIpc) is 2.19. The third-order valence-corrected chi connectivity index (χ3v) is 2.62. The number of hydrogen-bond acceptors (Lipinski definition) is 4. The van der Waals surface area contributed by atoms with E-state index in [1.54, 1.807) is 22.6 Å². The van der Waals surface area contributed by atoms with Crippen molar-refractivity contribution in [1.29, 1.82) is 0 Å². The smallest absolute Gasteiger partial charge is 0.493 e. The molecule has 0 aliphatic heterocycles. The summed E-state index contributed by atoms with van der Waals surface area (Å²) in [6.45, 7) is -0.425. The Kier molecular flexibility index (Phi) is 4.19. The van der Waals surface area contributed by atoms with Crippen molar-refractivity contribution in [2.45, 2.75) is 13.0 Å². The summed E-state index contributed by atoms with van der Waals surface area (Å²) in [7, 11) is 1.27. The number of alkyl halides is 3. The highest BCUT2D eigenvalue weighted by molar-refractivity contribution is 14.1. The van der Waals surface area contributed by atoms with Gasteiger partial charge in [-0.25, -0.2) is 0 Å². The van der Waals surface area contributed by atoms with Crippen molar-refractivity contribution in [3.63, 3.8) is 0 Å². The van der Waals surface area contributed by atoms with Gasteiger partial charge in [-0.1, -0.05) is 0 Å². The van der Waals surface area contributed by atoms with Crippen molar-refractivity contribution in [1.82, 2.24) is 4.98 Å². The number of hydrogen-bond donors (Lipinski definition) is 1. The molecule has 0 aliphatic carbocycles. The lowest BCUT2D eigenvalue weighted by Crippen LogP contribution is -2.18. The van der Waals surface area contributed by atoms with Crippen LogP contribution in [0.25, 0.3) is 0 Å². The Morgan fingerprint density at radius 1 is 1.50 bits per heavy atom. The van der Waals surface area contributed by atoms with Crippen molar-refractivity contribution in [3.05, 3.63) is 15.5 Å². The molecule has 0 fully saturated rings. The Hall–Kier alpha value is -0.770. The van der Waals surface area contributed by atoms with Crippen molar-refractivity contribution >= 4 is 22.6 Å². The summed E-state index contributed by atoms with van der Waals surface area (Å²) in [4.78, 5) is 3.61. The lowest BCUT2D eigenvalue weighted by atomic mass is 10.3. The van der Waals surface area contributed by atoms with Gasteiger partial charge in [0.25, 0.3) is 0 Å². The zero-order valence-corrected chi connectivity index (χ0v) is 10.2. The van der Waals surface area contributed by atoms with Crippen LogP contribution in [-0.2, 0) is 6.61 Å². The van der Waals surface area contributed by atoms with Crippen LogP contribution in [0.4, 0.5) is 13.2 Å². The van der Waals surface area contributed by atoms with Crippen molar-refractivity contribution < 1.29 is 27.8 Å². The summed E-state index contributed by atoms with van der Waals surface area (Å²) in [5, 5.41) is 8.89. The first-order valence-electron chi connectivity index (χ1n) is 3.97. The van der Waals surface area contributed by atoms with Crippen LogP contribution in [0.1, 0.15) is 5.69 Å². The van der Waals surface area contributed by atoms with E-state index in [0.29, 0.717) is 0 Å². The average molecular weight is 349 g/mol. The molecule has 1 N–H and O–H groups in total. The number of nitrogens with zero attached hydrogens (tertiary/aromatic N) is 1. The first-order chi connectivity index (χ1) is 7.39. The molecule has 1 aromatic rings. The van der Waals surface area contributed by atoms with Gasteiger partial charge in [0.2, 0.25) is 0 Å². The van der Waals surface area contributed by atoms with Crippen molar-refractivity contribution in [2.24, 2.45) is 0 Å². The number of aromatic nitrogens is 1. The highest BCUT2D eigenvalue weighted by Gasteiger charge is 2.33. The zero-order valence-electron chi connectivity index (χ0n) is 8.01. The second-order valence-corrected chi connectivity index (χ2v) is 3.70. The Balaban J connectivity index is 3.14. The van der Waals surface area contributed by atoms with Gasteiger partial charge in [-0.05, 0) is 22.6 Å². The fraction of sp³-hybridized carbons (Fsp3) is 0.375. The molecule has 0 atom stereocenters. The molecule has 0 aliphatic rings. The van der Waals surface area contributed by atoms with Gasteiger partial charge in [0.1, 0.15) is 9.26 Å². The van der Waals surface area contributed by atoms with Crippen LogP contribution in [0.5, 0.6) is 11.5 Å². The van der Waals surface area contributed by atoms with E-state index >= 15 is 0 Å². The fourth-order valence-corrected chi connectivity index (χ4v) is 1.79. The molecular formula is C8H7F3INO3. The predicted molar refractivity (Wildman–Crippen MR) is 56.1 cm³/mol. The Morgan fingerprint density at radius 3 is 2.56 bits per heavy atom. The minimum atomic E-state index is -4.78.